The fourth-order valence-corrected chi connectivity index (χ4v) is 1.60. The highest BCUT2D eigenvalue weighted by Crippen LogP contribution is 2.00. The number of hydrogen-bond acceptors (Lipinski definition) is 2. The Hall–Kier alpha value is -0.830. The lowest BCUT2D eigenvalue weighted by atomic mass is 10.2. The quantitative estimate of drug-likeness (QED) is 0.754. The van der Waals surface area contributed by atoms with Crippen LogP contribution in [0.4, 0.5) is 0 Å². The smallest absolute Gasteiger partial charge is 0.122 e. The molecule has 0 fully saturated rings. The Kier molecular flexibility index (Phi) is 4.66. The number of aromatic nitrogens is 2. The van der Waals surface area contributed by atoms with E-state index in [1.807, 2.05) is 12.4 Å². The molecule has 1 rings (SSSR count). The van der Waals surface area contributed by atoms with Crippen LogP contribution in [0.1, 0.15) is 39.4 Å². The highest BCUT2D eigenvalue weighted by Gasteiger charge is 2.03. The van der Waals surface area contributed by atoms with E-state index in [-0.39, 0.29) is 0 Å². The van der Waals surface area contributed by atoms with Crippen molar-refractivity contribution in [3.05, 3.63) is 18.2 Å². The van der Waals surface area contributed by atoms with Gasteiger partial charge in [0.1, 0.15) is 5.82 Å². The zero-order chi connectivity index (χ0) is 10.4. The van der Waals surface area contributed by atoms with Crippen molar-refractivity contribution >= 4 is 0 Å². The van der Waals surface area contributed by atoms with Crippen LogP contribution in [0.15, 0.2) is 12.4 Å². The van der Waals surface area contributed by atoms with Crippen molar-refractivity contribution in [2.75, 3.05) is 0 Å². The summed E-state index contributed by atoms with van der Waals surface area (Å²) in [7, 11) is 0. The molecule has 1 unspecified atom stereocenters. The van der Waals surface area contributed by atoms with E-state index >= 15 is 0 Å². The van der Waals surface area contributed by atoms with Gasteiger partial charge in [-0.3, -0.25) is 0 Å². The van der Waals surface area contributed by atoms with Gasteiger partial charge in [0.2, 0.25) is 0 Å². The number of nitrogens with zero attached hydrogens (tertiary/aromatic N) is 2. The van der Waals surface area contributed by atoms with Gasteiger partial charge in [0, 0.05) is 25.0 Å². The molecular formula is C11H21N3. The Balaban J connectivity index is 2.37. The van der Waals surface area contributed by atoms with Crippen molar-refractivity contribution < 1.29 is 0 Å². The molecule has 0 aliphatic carbocycles. The Bertz CT molecular complexity index is 255. The molecule has 3 heteroatoms. The average molecular weight is 195 g/mol. The molecule has 1 heterocycles. The number of rotatable bonds is 6. The van der Waals surface area contributed by atoms with Crippen LogP contribution in [0, 0.1) is 0 Å². The van der Waals surface area contributed by atoms with E-state index in [0.717, 1.165) is 18.9 Å². The van der Waals surface area contributed by atoms with E-state index in [1.54, 1.807) is 0 Å². The third kappa shape index (κ3) is 3.14. The van der Waals surface area contributed by atoms with Gasteiger partial charge in [-0.15, -0.1) is 0 Å². The lowest BCUT2D eigenvalue weighted by Gasteiger charge is -2.12. The topological polar surface area (TPSA) is 29.9 Å². The number of nitrogens with one attached hydrogen (secondary N) is 1. The molecular weight excluding hydrogens is 174 g/mol. The van der Waals surface area contributed by atoms with E-state index in [0.29, 0.717) is 6.04 Å². The summed E-state index contributed by atoms with van der Waals surface area (Å²) < 4.78 is 2.17. The Labute approximate surface area is 86.5 Å². The van der Waals surface area contributed by atoms with Crippen molar-refractivity contribution in [3.8, 4) is 0 Å². The summed E-state index contributed by atoms with van der Waals surface area (Å²) in [6, 6.07) is 0.585. The van der Waals surface area contributed by atoms with Crippen LogP contribution in [-0.2, 0) is 13.1 Å². The highest BCUT2D eigenvalue weighted by molar-refractivity contribution is 4.91. The SMILES string of the molecule is CCCC(C)NCc1nccn1CC. The third-order valence-corrected chi connectivity index (χ3v) is 2.47. The third-order valence-electron chi connectivity index (χ3n) is 2.47. The second-order valence-electron chi connectivity index (χ2n) is 3.70. The molecule has 1 N–H and O–H groups in total. The molecule has 1 atom stereocenters. The van der Waals surface area contributed by atoms with Crippen LogP contribution >= 0.6 is 0 Å². The first-order valence-corrected chi connectivity index (χ1v) is 5.51. The number of hydrogen-bond donors (Lipinski definition) is 1. The van der Waals surface area contributed by atoms with E-state index in [9.17, 15) is 0 Å². The van der Waals surface area contributed by atoms with E-state index in [1.165, 1.54) is 12.8 Å². The fraction of sp³-hybridized carbons (Fsp3) is 0.727. The van der Waals surface area contributed by atoms with Gasteiger partial charge < -0.3 is 9.88 Å². The second kappa shape index (κ2) is 5.81. The van der Waals surface area contributed by atoms with Crippen molar-refractivity contribution in [2.45, 2.75) is 52.7 Å². The molecule has 0 radical (unpaired) electrons. The van der Waals surface area contributed by atoms with Crippen molar-refractivity contribution in [3.63, 3.8) is 0 Å². The summed E-state index contributed by atoms with van der Waals surface area (Å²) in [4.78, 5) is 4.32. The first kappa shape index (κ1) is 11.2. The molecule has 0 saturated carbocycles. The molecule has 0 saturated heterocycles. The van der Waals surface area contributed by atoms with Crippen molar-refractivity contribution in [1.82, 2.24) is 14.9 Å². The van der Waals surface area contributed by atoms with Crippen LogP contribution in [0.2, 0.25) is 0 Å². The molecule has 0 amide bonds. The molecule has 0 bridgehead atoms. The normalized spacial score (nSPS) is 13.1. The second-order valence-corrected chi connectivity index (χ2v) is 3.70. The van der Waals surface area contributed by atoms with Crippen molar-refractivity contribution in [2.24, 2.45) is 0 Å². The molecule has 0 spiro atoms. The maximum Gasteiger partial charge on any atom is 0.122 e. The van der Waals surface area contributed by atoms with Gasteiger partial charge in [0.25, 0.3) is 0 Å². The van der Waals surface area contributed by atoms with Crippen LogP contribution in [0.3, 0.4) is 0 Å². The van der Waals surface area contributed by atoms with Gasteiger partial charge in [-0.25, -0.2) is 4.98 Å². The molecule has 1 aromatic heterocycles. The summed E-state index contributed by atoms with van der Waals surface area (Å²) in [6.45, 7) is 8.45. The van der Waals surface area contributed by atoms with Gasteiger partial charge >= 0.3 is 0 Å². The van der Waals surface area contributed by atoms with Crippen LogP contribution in [0.25, 0.3) is 0 Å². The first-order valence-electron chi connectivity index (χ1n) is 5.51. The van der Waals surface area contributed by atoms with Gasteiger partial charge in [-0.2, -0.15) is 0 Å². The van der Waals surface area contributed by atoms with Crippen molar-refractivity contribution in [1.29, 1.82) is 0 Å². The summed E-state index contributed by atoms with van der Waals surface area (Å²) in [6.07, 6.45) is 6.36. The minimum atomic E-state index is 0.585. The molecule has 1 aromatic rings. The fourth-order valence-electron chi connectivity index (χ4n) is 1.60. The van der Waals surface area contributed by atoms with E-state index < -0.39 is 0 Å². The minimum Gasteiger partial charge on any atom is -0.334 e. The molecule has 80 valence electrons. The largest absolute Gasteiger partial charge is 0.334 e. The molecule has 14 heavy (non-hydrogen) atoms. The lowest BCUT2D eigenvalue weighted by molar-refractivity contribution is 0.490. The maximum absolute atomic E-state index is 4.32. The minimum absolute atomic E-state index is 0.585. The Morgan fingerprint density at radius 3 is 2.93 bits per heavy atom. The predicted molar refractivity (Wildman–Crippen MR) is 59.1 cm³/mol. The van der Waals surface area contributed by atoms with Crippen LogP contribution < -0.4 is 5.32 Å². The molecule has 0 aliphatic rings. The molecule has 0 aliphatic heterocycles. The van der Waals surface area contributed by atoms with E-state index in [2.05, 4.69) is 35.6 Å². The summed E-state index contributed by atoms with van der Waals surface area (Å²) in [5.41, 5.74) is 0. The van der Waals surface area contributed by atoms with Crippen LogP contribution in [0.5, 0.6) is 0 Å². The summed E-state index contributed by atoms with van der Waals surface area (Å²) in [5.74, 6) is 1.13. The monoisotopic (exact) mass is 195 g/mol. The van der Waals surface area contributed by atoms with Gasteiger partial charge in [0.15, 0.2) is 0 Å². The number of imidazole rings is 1. The predicted octanol–water partition coefficient (Wildman–Crippen LogP) is 2.18. The Morgan fingerprint density at radius 1 is 1.50 bits per heavy atom. The maximum atomic E-state index is 4.32. The zero-order valence-electron chi connectivity index (χ0n) is 9.45. The van der Waals surface area contributed by atoms with Gasteiger partial charge in [-0.05, 0) is 20.3 Å². The summed E-state index contributed by atoms with van der Waals surface area (Å²) >= 11 is 0. The Morgan fingerprint density at radius 2 is 2.29 bits per heavy atom. The number of aryl methyl sites for hydroxylation is 1. The van der Waals surface area contributed by atoms with Crippen LogP contribution in [-0.4, -0.2) is 15.6 Å². The molecule has 3 nitrogen and oxygen atoms in total. The highest BCUT2D eigenvalue weighted by atomic mass is 15.1. The standard InChI is InChI=1S/C11H21N3/c1-4-6-10(3)13-9-11-12-7-8-14(11)5-2/h7-8,10,13H,4-6,9H2,1-3H3. The van der Waals surface area contributed by atoms with E-state index in [4.69, 9.17) is 0 Å². The average Bonchev–Trinajstić information content (AvgIpc) is 2.62. The zero-order valence-corrected chi connectivity index (χ0v) is 9.45. The first-order chi connectivity index (χ1) is 6.77. The van der Waals surface area contributed by atoms with Gasteiger partial charge in [0.05, 0.1) is 6.54 Å². The molecule has 0 aromatic carbocycles. The van der Waals surface area contributed by atoms with Gasteiger partial charge in [-0.1, -0.05) is 13.3 Å². The summed E-state index contributed by atoms with van der Waals surface area (Å²) in [5, 5.41) is 3.48. The lowest BCUT2D eigenvalue weighted by Crippen LogP contribution is -2.26.